The maximum Gasteiger partial charge on any atom is 0.297 e. The minimum absolute atomic E-state index is 0.0368. The number of carbonyl (C=O) groups excluding carboxylic acids is 1. The summed E-state index contributed by atoms with van der Waals surface area (Å²) in [7, 11) is -4.11. The Bertz CT molecular complexity index is 697. The third-order valence-electron chi connectivity index (χ3n) is 5.64. The molecule has 1 aromatic carbocycles. The number of rotatable bonds is 19. The highest BCUT2D eigenvalue weighted by Crippen LogP contribution is 2.19. The largest absolute Gasteiger partial charge is 0.547 e. The fraction of sp³-hybridized carbons (Fsp3) is 0.720. The monoisotopic (exact) mass is 453 g/mol. The molecule has 0 fully saturated rings. The quantitative estimate of drug-likeness (QED) is 0.198. The summed E-state index contributed by atoms with van der Waals surface area (Å²) in [5.74, 6) is -1.48. The molecule has 0 saturated carbocycles. The van der Waals surface area contributed by atoms with E-state index in [-0.39, 0.29) is 11.3 Å². The van der Waals surface area contributed by atoms with E-state index in [0.29, 0.717) is 6.42 Å². The van der Waals surface area contributed by atoms with E-state index in [4.69, 9.17) is 4.18 Å². The third-order valence-corrected chi connectivity index (χ3v) is 6.97. The fourth-order valence-electron chi connectivity index (χ4n) is 3.64. The molecular weight excluding hydrogens is 412 g/mol. The number of hydrogen-bond donors (Lipinski definition) is 0. The predicted octanol–water partition coefficient (Wildman–Crippen LogP) is 5.69. The van der Waals surface area contributed by atoms with Crippen LogP contribution in [0.3, 0.4) is 0 Å². The van der Waals surface area contributed by atoms with Crippen molar-refractivity contribution in [1.29, 1.82) is 0 Å². The molecule has 0 aromatic heterocycles. The first-order chi connectivity index (χ1) is 14.9. The van der Waals surface area contributed by atoms with E-state index in [1.807, 2.05) is 6.92 Å². The van der Waals surface area contributed by atoms with Crippen LogP contribution in [0, 0.1) is 6.92 Å². The first-order valence-corrected chi connectivity index (χ1v) is 13.5. The van der Waals surface area contributed by atoms with Gasteiger partial charge in [-0.2, -0.15) is 8.42 Å². The van der Waals surface area contributed by atoms with Crippen LogP contribution in [0.25, 0.3) is 0 Å². The lowest BCUT2D eigenvalue weighted by molar-refractivity contribution is -0.313. The highest BCUT2D eigenvalue weighted by atomic mass is 32.2. The number of carboxylic acid groups (broad SMARTS) is 1. The highest BCUT2D eigenvalue weighted by Gasteiger charge is 2.22. The van der Waals surface area contributed by atoms with Gasteiger partial charge in [0.1, 0.15) is 6.10 Å². The Morgan fingerprint density at radius 1 is 0.806 bits per heavy atom. The van der Waals surface area contributed by atoms with E-state index < -0.39 is 22.2 Å². The molecule has 5 nitrogen and oxygen atoms in total. The van der Waals surface area contributed by atoms with E-state index in [2.05, 4.69) is 6.92 Å². The standard InChI is InChI=1S/C25H42O5S/c1-3-4-5-6-7-8-9-10-11-12-13-14-15-16-17-24(25(26)27)30-31(28,29)23-20-18-22(2)19-21-23/h18-21,24H,3-17H2,1-2H3,(H,26,27)/p-1. The zero-order valence-corrected chi connectivity index (χ0v) is 20.3. The molecule has 1 unspecified atom stereocenters. The van der Waals surface area contributed by atoms with Gasteiger partial charge in [-0.25, -0.2) is 0 Å². The van der Waals surface area contributed by atoms with E-state index in [0.717, 1.165) is 24.8 Å². The van der Waals surface area contributed by atoms with Crippen molar-refractivity contribution in [2.24, 2.45) is 0 Å². The Morgan fingerprint density at radius 3 is 1.65 bits per heavy atom. The smallest absolute Gasteiger partial charge is 0.297 e. The van der Waals surface area contributed by atoms with Crippen molar-refractivity contribution >= 4 is 16.1 Å². The van der Waals surface area contributed by atoms with Gasteiger partial charge in [0.05, 0.1) is 10.9 Å². The van der Waals surface area contributed by atoms with Crippen LogP contribution >= 0.6 is 0 Å². The second kappa shape index (κ2) is 16.3. The average Bonchev–Trinajstić information content (AvgIpc) is 2.73. The van der Waals surface area contributed by atoms with Gasteiger partial charge < -0.3 is 9.90 Å². The minimum Gasteiger partial charge on any atom is -0.547 e. The first-order valence-electron chi connectivity index (χ1n) is 12.1. The second-order valence-corrected chi connectivity index (χ2v) is 10.1. The van der Waals surface area contributed by atoms with Crippen LogP contribution in [0.15, 0.2) is 29.2 Å². The summed E-state index contributed by atoms with van der Waals surface area (Å²) in [6, 6.07) is 6.14. The van der Waals surface area contributed by atoms with E-state index >= 15 is 0 Å². The molecule has 6 heteroatoms. The van der Waals surface area contributed by atoms with Crippen LogP contribution in [0.1, 0.15) is 109 Å². The first kappa shape index (κ1) is 27.6. The molecule has 0 spiro atoms. The van der Waals surface area contributed by atoms with Crippen LogP contribution in [0.5, 0.6) is 0 Å². The van der Waals surface area contributed by atoms with E-state index in [1.165, 1.54) is 76.3 Å². The molecule has 31 heavy (non-hydrogen) atoms. The Kier molecular flexibility index (Phi) is 14.5. The molecular formula is C25H41O5S-. The molecule has 0 aliphatic rings. The number of unbranched alkanes of at least 4 members (excludes halogenated alkanes) is 13. The summed E-state index contributed by atoms with van der Waals surface area (Å²) in [4.78, 5) is 11.3. The van der Waals surface area contributed by atoms with Gasteiger partial charge in [-0.1, -0.05) is 115 Å². The van der Waals surface area contributed by atoms with Crippen LogP contribution in [0.2, 0.25) is 0 Å². The summed E-state index contributed by atoms with van der Waals surface area (Å²) in [5, 5.41) is 11.3. The molecule has 0 heterocycles. The van der Waals surface area contributed by atoms with Gasteiger partial charge in [0.15, 0.2) is 0 Å². The van der Waals surface area contributed by atoms with Gasteiger partial charge in [0.2, 0.25) is 0 Å². The molecule has 0 bridgehead atoms. The van der Waals surface area contributed by atoms with Crippen molar-refractivity contribution in [3.63, 3.8) is 0 Å². The molecule has 1 rings (SSSR count). The van der Waals surface area contributed by atoms with Crippen molar-refractivity contribution < 1.29 is 22.5 Å². The lowest BCUT2D eigenvalue weighted by atomic mass is 10.0. The molecule has 0 aliphatic heterocycles. The molecule has 0 radical (unpaired) electrons. The molecule has 0 aliphatic carbocycles. The maximum atomic E-state index is 12.3. The number of benzene rings is 1. The normalized spacial score (nSPS) is 12.7. The zero-order valence-electron chi connectivity index (χ0n) is 19.4. The number of hydrogen-bond acceptors (Lipinski definition) is 5. The summed E-state index contributed by atoms with van der Waals surface area (Å²) in [5.41, 5.74) is 0.915. The molecule has 0 N–H and O–H groups in total. The predicted molar refractivity (Wildman–Crippen MR) is 123 cm³/mol. The maximum absolute atomic E-state index is 12.3. The lowest BCUT2D eigenvalue weighted by Crippen LogP contribution is -2.38. The van der Waals surface area contributed by atoms with Gasteiger partial charge in [0, 0.05) is 0 Å². The number of carboxylic acids is 1. The van der Waals surface area contributed by atoms with Gasteiger partial charge in [-0.05, 0) is 25.5 Å². The summed E-state index contributed by atoms with van der Waals surface area (Å²) >= 11 is 0. The molecule has 1 aromatic rings. The van der Waals surface area contributed by atoms with Crippen molar-refractivity contribution in [2.45, 2.75) is 121 Å². The summed E-state index contributed by atoms with van der Waals surface area (Å²) < 4.78 is 29.5. The molecule has 0 amide bonds. The highest BCUT2D eigenvalue weighted by molar-refractivity contribution is 7.86. The second-order valence-electron chi connectivity index (χ2n) is 8.56. The Hall–Kier alpha value is -1.40. The number of aliphatic carboxylic acids is 1. The van der Waals surface area contributed by atoms with Crippen molar-refractivity contribution in [3.05, 3.63) is 29.8 Å². The zero-order chi connectivity index (χ0) is 23.0. The average molecular weight is 454 g/mol. The third kappa shape index (κ3) is 12.9. The van der Waals surface area contributed by atoms with Crippen molar-refractivity contribution in [3.8, 4) is 0 Å². The summed E-state index contributed by atoms with van der Waals surface area (Å²) in [6.45, 7) is 4.09. The number of aryl methyl sites for hydroxylation is 1. The lowest BCUT2D eigenvalue weighted by Gasteiger charge is -2.18. The SMILES string of the molecule is CCCCCCCCCCCCCCCCC(OS(=O)(=O)c1ccc(C)cc1)C(=O)[O-]. The Morgan fingerprint density at radius 2 is 1.23 bits per heavy atom. The Balaban J connectivity index is 2.13. The van der Waals surface area contributed by atoms with E-state index in [1.54, 1.807) is 12.1 Å². The summed E-state index contributed by atoms with van der Waals surface area (Å²) in [6.07, 6.45) is 15.5. The van der Waals surface area contributed by atoms with Crippen LogP contribution in [-0.4, -0.2) is 20.5 Å². The van der Waals surface area contributed by atoms with Crippen LogP contribution in [0.4, 0.5) is 0 Å². The molecule has 1 atom stereocenters. The van der Waals surface area contributed by atoms with Crippen LogP contribution < -0.4 is 5.11 Å². The Labute approximate surface area is 189 Å². The minimum atomic E-state index is -4.11. The number of carbonyl (C=O) groups is 1. The topological polar surface area (TPSA) is 83.5 Å². The molecule has 178 valence electrons. The van der Waals surface area contributed by atoms with Gasteiger partial charge in [-0.3, -0.25) is 4.18 Å². The molecule has 0 saturated heterocycles. The van der Waals surface area contributed by atoms with Gasteiger partial charge in [-0.15, -0.1) is 0 Å². The van der Waals surface area contributed by atoms with Gasteiger partial charge in [0.25, 0.3) is 10.1 Å². The van der Waals surface area contributed by atoms with Crippen molar-refractivity contribution in [1.82, 2.24) is 0 Å². The van der Waals surface area contributed by atoms with Crippen molar-refractivity contribution in [2.75, 3.05) is 0 Å². The fourth-order valence-corrected chi connectivity index (χ4v) is 4.70. The van der Waals surface area contributed by atoms with Gasteiger partial charge >= 0.3 is 0 Å². The van der Waals surface area contributed by atoms with E-state index in [9.17, 15) is 18.3 Å². The van der Waals surface area contributed by atoms with Crippen LogP contribution in [-0.2, 0) is 19.1 Å².